The Morgan fingerprint density at radius 1 is 1.58 bits per heavy atom. The number of hydrogen-bond acceptors (Lipinski definition) is 5. The topological polar surface area (TPSA) is 74.7 Å². The Morgan fingerprint density at radius 2 is 2.32 bits per heavy atom. The summed E-state index contributed by atoms with van der Waals surface area (Å²) >= 11 is 0. The third-order valence-electron chi connectivity index (χ3n) is 2.65. The lowest BCUT2D eigenvalue weighted by atomic mass is 10.2. The van der Waals surface area contributed by atoms with Crippen LogP contribution in [0.5, 0.6) is 0 Å². The predicted molar refractivity (Wildman–Crippen MR) is 73.0 cm³/mol. The van der Waals surface area contributed by atoms with Crippen LogP contribution < -0.4 is 10.2 Å². The second-order valence-electron chi connectivity index (χ2n) is 4.32. The van der Waals surface area contributed by atoms with Crippen LogP contribution in [0.1, 0.15) is 18.7 Å². The minimum atomic E-state index is -0.586. The number of methoxy groups -OCH3 is 1. The zero-order valence-electron chi connectivity index (χ0n) is 11.6. The van der Waals surface area contributed by atoms with Gasteiger partial charge >= 0.3 is 0 Å². The van der Waals surface area contributed by atoms with Gasteiger partial charge in [0.05, 0.1) is 36.8 Å². The summed E-state index contributed by atoms with van der Waals surface area (Å²) in [7, 11) is 3.41. The number of anilines is 1. The Morgan fingerprint density at radius 3 is 2.84 bits per heavy atom. The van der Waals surface area contributed by atoms with E-state index in [1.165, 1.54) is 0 Å². The van der Waals surface area contributed by atoms with Crippen LogP contribution in [-0.4, -0.2) is 49.9 Å². The van der Waals surface area contributed by atoms with Gasteiger partial charge in [-0.05, 0) is 19.1 Å². The van der Waals surface area contributed by atoms with Gasteiger partial charge in [0, 0.05) is 20.7 Å². The fourth-order valence-corrected chi connectivity index (χ4v) is 1.53. The maximum atomic E-state index is 11.6. The van der Waals surface area contributed by atoms with Crippen molar-refractivity contribution in [3.05, 3.63) is 24.0 Å². The van der Waals surface area contributed by atoms with E-state index in [4.69, 9.17) is 4.74 Å². The quantitative estimate of drug-likeness (QED) is 0.697. The largest absolute Gasteiger partial charge is 0.387 e. The molecule has 0 aliphatic rings. The maximum absolute atomic E-state index is 11.6. The van der Waals surface area contributed by atoms with Crippen molar-refractivity contribution in [3.8, 4) is 0 Å². The van der Waals surface area contributed by atoms with Gasteiger partial charge in [-0.3, -0.25) is 9.78 Å². The molecule has 0 radical (unpaired) electrons. The van der Waals surface area contributed by atoms with Crippen LogP contribution in [0.25, 0.3) is 0 Å². The molecule has 0 aliphatic heterocycles. The van der Waals surface area contributed by atoms with Crippen molar-refractivity contribution in [3.63, 3.8) is 0 Å². The highest BCUT2D eigenvalue weighted by atomic mass is 16.5. The highest BCUT2D eigenvalue weighted by molar-refractivity contribution is 5.81. The third-order valence-corrected chi connectivity index (χ3v) is 2.65. The number of carbonyl (C=O) groups is 1. The molecule has 2 N–H and O–H groups in total. The highest BCUT2D eigenvalue weighted by Crippen LogP contribution is 2.14. The third kappa shape index (κ3) is 5.23. The van der Waals surface area contributed by atoms with Gasteiger partial charge in [-0.1, -0.05) is 0 Å². The number of ether oxygens (including phenoxy) is 1. The lowest BCUT2D eigenvalue weighted by Crippen LogP contribution is -2.36. The molecule has 0 saturated heterocycles. The first kappa shape index (κ1) is 15.4. The number of likely N-dealkylation sites (N-methyl/N-ethyl adjacent to an activating group) is 1. The van der Waals surface area contributed by atoms with E-state index >= 15 is 0 Å². The van der Waals surface area contributed by atoms with Gasteiger partial charge < -0.3 is 20.1 Å². The van der Waals surface area contributed by atoms with E-state index in [1.54, 1.807) is 31.2 Å². The molecule has 1 aromatic rings. The molecule has 1 unspecified atom stereocenters. The molecule has 0 aromatic carbocycles. The van der Waals surface area contributed by atoms with Gasteiger partial charge in [0.2, 0.25) is 5.91 Å². The summed E-state index contributed by atoms with van der Waals surface area (Å²) in [6.07, 6.45) is 1.06. The molecule has 1 amide bonds. The van der Waals surface area contributed by atoms with Gasteiger partial charge in [0.25, 0.3) is 0 Å². The molecular weight excluding hydrogens is 246 g/mol. The standard InChI is InChI=1S/C13H21N3O3/c1-10(17)12-5-4-11(8-15-12)16(2)9-13(18)14-6-7-19-3/h4-5,8,10,17H,6-7,9H2,1-3H3,(H,14,18). The first-order chi connectivity index (χ1) is 9.04. The number of carbonyl (C=O) groups excluding carboxylic acids is 1. The van der Waals surface area contributed by atoms with Crippen molar-refractivity contribution >= 4 is 11.6 Å². The van der Waals surface area contributed by atoms with Crippen molar-refractivity contribution in [2.45, 2.75) is 13.0 Å². The van der Waals surface area contributed by atoms with Crippen molar-refractivity contribution in [1.82, 2.24) is 10.3 Å². The van der Waals surface area contributed by atoms with Gasteiger partial charge in [0.1, 0.15) is 0 Å². The van der Waals surface area contributed by atoms with Crippen molar-refractivity contribution in [1.29, 1.82) is 0 Å². The predicted octanol–water partition coefficient (Wildman–Crippen LogP) is 0.334. The average Bonchev–Trinajstić information content (AvgIpc) is 2.39. The average molecular weight is 267 g/mol. The van der Waals surface area contributed by atoms with Crippen molar-refractivity contribution in [2.75, 3.05) is 38.8 Å². The zero-order valence-corrected chi connectivity index (χ0v) is 11.6. The van der Waals surface area contributed by atoms with E-state index in [0.29, 0.717) is 18.8 Å². The number of aromatic nitrogens is 1. The van der Waals surface area contributed by atoms with E-state index in [2.05, 4.69) is 10.3 Å². The number of aliphatic hydroxyl groups excluding tert-OH is 1. The molecule has 1 rings (SSSR count). The normalized spacial score (nSPS) is 12.0. The molecule has 106 valence electrons. The van der Waals surface area contributed by atoms with Gasteiger partial charge in [-0.15, -0.1) is 0 Å². The molecule has 6 nitrogen and oxygen atoms in total. The summed E-state index contributed by atoms with van der Waals surface area (Å²) in [6, 6.07) is 3.58. The van der Waals surface area contributed by atoms with Crippen LogP contribution in [0.4, 0.5) is 5.69 Å². The molecular formula is C13H21N3O3. The summed E-state index contributed by atoms with van der Waals surface area (Å²) in [5.41, 5.74) is 1.44. The lowest BCUT2D eigenvalue weighted by Gasteiger charge is -2.18. The number of rotatable bonds is 7. The Labute approximate surface area is 113 Å². The fraction of sp³-hybridized carbons (Fsp3) is 0.538. The van der Waals surface area contributed by atoms with Gasteiger partial charge in [-0.2, -0.15) is 0 Å². The number of amides is 1. The van der Waals surface area contributed by atoms with Crippen LogP contribution in [0.3, 0.4) is 0 Å². The van der Waals surface area contributed by atoms with E-state index in [1.807, 2.05) is 13.1 Å². The van der Waals surface area contributed by atoms with E-state index in [-0.39, 0.29) is 12.5 Å². The molecule has 19 heavy (non-hydrogen) atoms. The van der Waals surface area contributed by atoms with E-state index < -0.39 is 6.10 Å². The number of nitrogens with one attached hydrogen (secondary N) is 1. The van der Waals surface area contributed by atoms with Crippen LogP contribution in [0, 0.1) is 0 Å². The second-order valence-corrected chi connectivity index (χ2v) is 4.32. The Balaban J connectivity index is 2.48. The smallest absolute Gasteiger partial charge is 0.239 e. The van der Waals surface area contributed by atoms with Crippen LogP contribution >= 0.6 is 0 Å². The minimum Gasteiger partial charge on any atom is -0.387 e. The molecule has 6 heteroatoms. The van der Waals surface area contributed by atoms with Crippen LogP contribution in [0.2, 0.25) is 0 Å². The molecule has 0 bridgehead atoms. The molecule has 0 saturated carbocycles. The molecule has 1 heterocycles. The van der Waals surface area contributed by atoms with E-state index in [9.17, 15) is 9.90 Å². The Kier molecular flexibility index (Phi) is 6.24. The minimum absolute atomic E-state index is 0.0702. The summed E-state index contributed by atoms with van der Waals surface area (Å²) in [5.74, 6) is -0.0702. The summed E-state index contributed by atoms with van der Waals surface area (Å²) in [6.45, 7) is 2.91. The first-order valence-corrected chi connectivity index (χ1v) is 6.15. The van der Waals surface area contributed by atoms with Crippen LogP contribution in [0.15, 0.2) is 18.3 Å². The molecule has 0 spiro atoms. The highest BCUT2D eigenvalue weighted by Gasteiger charge is 2.08. The Hall–Kier alpha value is -1.66. The lowest BCUT2D eigenvalue weighted by molar-refractivity contribution is -0.119. The molecule has 0 fully saturated rings. The van der Waals surface area contributed by atoms with Crippen LogP contribution in [-0.2, 0) is 9.53 Å². The second kappa shape index (κ2) is 7.70. The summed E-state index contributed by atoms with van der Waals surface area (Å²) in [5, 5.41) is 12.1. The molecule has 1 atom stereocenters. The zero-order chi connectivity index (χ0) is 14.3. The van der Waals surface area contributed by atoms with Gasteiger partial charge in [0.15, 0.2) is 0 Å². The van der Waals surface area contributed by atoms with E-state index in [0.717, 1.165) is 5.69 Å². The number of aliphatic hydroxyl groups is 1. The summed E-state index contributed by atoms with van der Waals surface area (Å²) < 4.78 is 4.86. The van der Waals surface area contributed by atoms with Crippen molar-refractivity contribution in [2.24, 2.45) is 0 Å². The summed E-state index contributed by atoms with van der Waals surface area (Å²) in [4.78, 5) is 17.5. The molecule has 0 aliphatic carbocycles. The maximum Gasteiger partial charge on any atom is 0.239 e. The molecule has 1 aromatic heterocycles. The fourth-order valence-electron chi connectivity index (χ4n) is 1.53. The number of hydrogen-bond donors (Lipinski definition) is 2. The number of pyridine rings is 1. The number of nitrogens with zero attached hydrogens (tertiary/aromatic N) is 2. The SMILES string of the molecule is COCCNC(=O)CN(C)c1ccc(C(C)O)nc1. The van der Waals surface area contributed by atoms with Crippen molar-refractivity contribution < 1.29 is 14.6 Å². The first-order valence-electron chi connectivity index (χ1n) is 6.15. The van der Waals surface area contributed by atoms with Gasteiger partial charge in [-0.25, -0.2) is 0 Å². The monoisotopic (exact) mass is 267 g/mol. The Bertz CT molecular complexity index is 393.